The van der Waals surface area contributed by atoms with Crippen LogP contribution < -0.4 is 10.6 Å². The van der Waals surface area contributed by atoms with Crippen molar-refractivity contribution in [1.29, 1.82) is 0 Å². The van der Waals surface area contributed by atoms with Crippen molar-refractivity contribution in [2.45, 2.75) is 39.8 Å². The van der Waals surface area contributed by atoms with Gasteiger partial charge in [-0.25, -0.2) is 4.68 Å². The molecule has 7 heteroatoms. The Morgan fingerprint density at radius 3 is 2.89 bits per heavy atom. The van der Waals surface area contributed by atoms with Crippen LogP contribution in [0.1, 0.15) is 31.4 Å². The number of carbonyl (C=O) groups excluding carboxylic acids is 2. The van der Waals surface area contributed by atoms with Gasteiger partial charge in [0.2, 0.25) is 11.8 Å². The van der Waals surface area contributed by atoms with E-state index in [0.29, 0.717) is 19.0 Å². The Labute approximate surface area is 166 Å². The fourth-order valence-corrected chi connectivity index (χ4v) is 3.52. The van der Waals surface area contributed by atoms with Crippen LogP contribution in [-0.4, -0.2) is 52.2 Å². The summed E-state index contributed by atoms with van der Waals surface area (Å²) in [5.74, 6) is 0.262. The van der Waals surface area contributed by atoms with Gasteiger partial charge in [-0.15, -0.1) is 0 Å². The van der Waals surface area contributed by atoms with Crippen molar-refractivity contribution in [3.8, 4) is 5.69 Å². The summed E-state index contributed by atoms with van der Waals surface area (Å²) in [6, 6.07) is 7.62. The molecule has 1 saturated heterocycles. The average molecular weight is 383 g/mol. The summed E-state index contributed by atoms with van der Waals surface area (Å²) in [5.41, 5.74) is 3.07. The van der Waals surface area contributed by atoms with Crippen molar-refractivity contribution in [2.75, 3.05) is 19.6 Å². The summed E-state index contributed by atoms with van der Waals surface area (Å²) >= 11 is 0. The summed E-state index contributed by atoms with van der Waals surface area (Å²) in [6.07, 6.45) is 3.84. The van der Waals surface area contributed by atoms with E-state index in [1.807, 2.05) is 42.1 Å². The Hall–Kier alpha value is -2.67. The van der Waals surface area contributed by atoms with E-state index >= 15 is 0 Å². The normalized spacial score (nSPS) is 17.6. The number of nitrogens with zero attached hydrogens (tertiary/aromatic N) is 3. The van der Waals surface area contributed by atoms with Crippen molar-refractivity contribution < 1.29 is 9.59 Å². The van der Waals surface area contributed by atoms with E-state index in [9.17, 15) is 9.59 Å². The zero-order valence-corrected chi connectivity index (χ0v) is 16.8. The number of piperazine rings is 1. The van der Waals surface area contributed by atoms with Crippen LogP contribution >= 0.6 is 0 Å². The van der Waals surface area contributed by atoms with Crippen LogP contribution in [0.5, 0.6) is 0 Å². The van der Waals surface area contributed by atoms with Gasteiger partial charge in [-0.3, -0.25) is 14.5 Å². The lowest BCUT2D eigenvalue weighted by molar-refractivity contribution is -0.134. The van der Waals surface area contributed by atoms with Gasteiger partial charge in [0.15, 0.2) is 0 Å². The van der Waals surface area contributed by atoms with Crippen LogP contribution in [0.25, 0.3) is 5.69 Å². The molecule has 2 amide bonds. The average Bonchev–Trinajstić information content (AvgIpc) is 3.11. The maximum Gasteiger partial charge on any atom is 0.237 e. The van der Waals surface area contributed by atoms with E-state index in [0.717, 1.165) is 29.9 Å². The molecule has 150 valence electrons. The second kappa shape index (κ2) is 9.01. The molecular formula is C21H29N5O2. The second-order valence-corrected chi connectivity index (χ2v) is 7.76. The van der Waals surface area contributed by atoms with Crippen molar-refractivity contribution in [3.05, 3.63) is 47.8 Å². The van der Waals surface area contributed by atoms with Gasteiger partial charge in [0.05, 0.1) is 24.3 Å². The van der Waals surface area contributed by atoms with Crippen LogP contribution in [0.3, 0.4) is 0 Å². The largest absolute Gasteiger partial charge is 0.353 e. The standard InChI is InChI=1S/C21H29N5O2/c1-15(2)13-25-9-8-22-21(28)19(25)10-20(27)23-11-17-12-24-26(14-17)18-7-5-4-6-16(18)3/h4-7,12,14-15,19H,8-11,13H2,1-3H3,(H,22,28)(H,23,27). The first-order valence-electron chi connectivity index (χ1n) is 9.82. The molecular weight excluding hydrogens is 354 g/mol. The van der Waals surface area contributed by atoms with Crippen LogP contribution in [0.4, 0.5) is 0 Å². The molecule has 2 N–H and O–H groups in total. The predicted octanol–water partition coefficient (Wildman–Crippen LogP) is 1.64. The van der Waals surface area contributed by atoms with Crippen LogP contribution in [0, 0.1) is 12.8 Å². The number of para-hydroxylation sites is 1. The smallest absolute Gasteiger partial charge is 0.237 e. The number of rotatable bonds is 7. The van der Waals surface area contributed by atoms with Gasteiger partial charge in [0.1, 0.15) is 0 Å². The maximum absolute atomic E-state index is 12.4. The fourth-order valence-electron chi connectivity index (χ4n) is 3.52. The number of amides is 2. The molecule has 1 unspecified atom stereocenters. The highest BCUT2D eigenvalue weighted by molar-refractivity contribution is 5.88. The fraction of sp³-hybridized carbons (Fsp3) is 0.476. The summed E-state index contributed by atoms with van der Waals surface area (Å²) in [6.45, 7) is 8.91. The Bertz CT molecular complexity index is 830. The van der Waals surface area contributed by atoms with Crippen LogP contribution in [0.2, 0.25) is 0 Å². The van der Waals surface area contributed by atoms with E-state index in [4.69, 9.17) is 0 Å². The molecule has 28 heavy (non-hydrogen) atoms. The zero-order valence-electron chi connectivity index (χ0n) is 16.8. The lowest BCUT2D eigenvalue weighted by atomic mass is 10.1. The minimum absolute atomic E-state index is 0.0607. The number of aryl methyl sites for hydroxylation is 1. The molecule has 3 rings (SSSR count). The molecule has 0 aliphatic carbocycles. The maximum atomic E-state index is 12.4. The van der Waals surface area contributed by atoms with Gasteiger partial charge in [-0.1, -0.05) is 32.0 Å². The van der Waals surface area contributed by atoms with Crippen molar-refractivity contribution in [1.82, 2.24) is 25.3 Å². The molecule has 1 atom stereocenters. The molecule has 0 bridgehead atoms. The number of benzene rings is 1. The second-order valence-electron chi connectivity index (χ2n) is 7.76. The SMILES string of the molecule is Cc1ccccc1-n1cc(CNC(=O)CC2C(=O)NCCN2CC(C)C)cn1. The molecule has 0 saturated carbocycles. The lowest BCUT2D eigenvalue weighted by Gasteiger charge is -2.35. The van der Waals surface area contributed by atoms with Gasteiger partial charge in [-0.2, -0.15) is 5.10 Å². The molecule has 1 fully saturated rings. The minimum Gasteiger partial charge on any atom is -0.353 e. The van der Waals surface area contributed by atoms with Gasteiger partial charge in [0, 0.05) is 37.9 Å². The highest BCUT2D eigenvalue weighted by atomic mass is 16.2. The number of hydrogen-bond donors (Lipinski definition) is 2. The number of carbonyl (C=O) groups is 2. The first kappa shape index (κ1) is 20.1. The molecule has 1 aromatic carbocycles. The van der Waals surface area contributed by atoms with E-state index in [-0.39, 0.29) is 18.2 Å². The Morgan fingerprint density at radius 2 is 2.14 bits per heavy atom. The Balaban J connectivity index is 1.57. The molecule has 0 spiro atoms. The quantitative estimate of drug-likeness (QED) is 0.762. The summed E-state index contributed by atoms with van der Waals surface area (Å²) in [5, 5.41) is 10.2. The van der Waals surface area contributed by atoms with Gasteiger partial charge >= 0.3 is 0 Å². The molecule has 0 radical (unpaired) electrons. The number of nitrogens with one attached hydrogen (secondary N) is 2. The van der Waals surface area contributed by atoms with E-state index in [2.05, 4.69) is 34.5 Å². The number of aromatic nitrogens is 2. The third-order valence-electron chi connectivity index (χ3n) is 4.91. The monoisotopic (exact) mass is 383 g/mol. The van der Waals surface area contributed by atoms with Crippen LogP contribution in [0.15, 0.2) is 36.7 Å². The summed E-state index contributed by atoms with van der Waals surface area (Å²) in [4.78, 5) is 26.8. The Kier molecular flexibility index (Phi) is 6.46. The topological polar surface area (TPSA) is 79.3 Å². The summed E-state index contributed by atoms with van der Waals surface area (Å²) < 4.78 is 1.82. The van der Waals surface area contributed by atoms with Gasteiger partial charge in [-0.05, 0) is 24.5 Å². The molecule has 7 nitrogen and oxygen atoms in total. The van der Waals surface area contributed by atoms with Gasteiger partial charge < -0.3 is 10.6 Å². The summed E-state index contributed by atoms with van der Waals surface area (Å²) in [7, 11) is 0. The molecule has 1 aliphatic heterocycles. The third-order valence-corrected chi connectivity index (χ3v) is 4.91. The highest BCUT2D eigenvalue weighted by Crippen LogP contribution is 2.14. The molecule has 2 heterocycles. The van der Waals surface area contributed by atoms with Crippen molar-refractivity contribution in [2.24, 2.45) is 5.92 Å². The van der Waals surface area contributed by atoms with E-state index in [1.54, 1.807) is 6.20 Å². The van der Waals surface area contributed by atoms with Crippen molar-refractivity contribution in [3.63, 3.8) is 0 Å². The van der Waals surface area contributed by atoms with E-state index < -0.39 is 6.04 Å². The van der Waals surface area contributed by atoms with Gasteiger partial charge in [0.25, 0.3) is 0 Å². The molecule has 2 aromatic rings. The highest BCUT2D eigenvalue weighted by Gasteiger charge is 2.31. The molecule has 1 aliphatic rings. The zero-order chi connectivity index (χ0) is 20.1. The predicted molar refractivity (Wildman–Crippen MR) is 108 cm³/mol. The lowest BCUT2D eigenvalue weighted by Crippen LogP contribution is -2.57. The first-order chi connectivity index (χ1) is 13.4. The van der Waals surface area contributed by atoms with Crippen molar-refractivity contribution >= 4 is 11.8 Å². The van der Waals surface area contributed by atoms with Crippen LogP contribution in [-0.2, 0) is 16.1 Å². The third kappa shape index (κ3) is 4.98. The Morgan fingerprint density at radius 1 is 1.36 bits per heavy atom. The number of hydrogen-bond acceptors (Lipinski definition) is 4. The van der Waals surface area contributed by atoms with E-state index in [1.165, 1.54) is 0 Å². The first-order valence-corrected chi connectivity index (χ1v) is 9.82. The molecule has 1 aromatic heterocycles. The minimum atomic E-state index is -0.397.